The number of carboxylic acid groups (broad SMARTS) is 1. The Labute approximate surface area is 112 Å². The summed E-state index contributed by atoms with van der Waals surface area (Å²) in [5, 5.41) is 10.9. The topological polar surface area (TPSA) is 86.7 Å². The van der Waals surface area contributed by atoms with E-state index in [1.165, 1.54) is 0 Å². The summed E-state index contributed by atoms with van der Waals surface area (Å²) in [6, 6.07) is -1.22. The lowest BCUT2D eigenvalue weighted by molar-refractivity contribution is -0.310. The number of imide groups is 1. The molecule has 0 saturated carbocycles. The molecule has 0 aromatic heterocycles. The molecule has 19 heavy (non-hydrogen) atoms. The monoisotopic (exact) mass is 270 g/mol. The molecule has 2 atom stereocenters. The standard InChI is InChI=1S/C13H21NO5/c1-8-7-9(11(16)17)14(10(8)15)12(18)19-6-5-13(2,3)4/h8-9H,5-7H2,1-4H3,(H,16,17)/p-1/t8-,9-/m0/s1. The Hall–Kier alpha value is -1.59. The van der Waals surface area contributed by atoms with Crippen LogP contribution in [0.3, 0.4) is 0 Å². The van der Waals surface area contributed by atoms with Gasteiger partial charge in [-0.2, -0.15) is 0 Å². The highest BCUT2D eigenvalue weighted by molar-refractivity contribution is 5.99. The first-order chi connectivity index (χ1) is 8.63. The zero-order valence-corrected chi connectivity index (χ0v) is 11.8. The van der Waals surface area contributed by atoms with Crippen LogP contribution in [0.25, 0.3) is 0 Å². The third kappa shape index (κ3) is 3.94. The molecule has 1 saturated heterocycles. The van der Waals surface area contributed by atoms with Crippen LogP contribution in [-0.2, 0) is 14.3 Å². The largest absolute Gasteiger partial charge is 0.548 e. The van der Waals surface area contributed by atoms with Crippen LogP contribution >= 0.6 is 0 Å². The average molecular weight is 270 g/mol. The number of carbonyl (C=O) groups excluding carboxylic acids is 3. The number of carboxylic acids is 1. The maximum absolute atomic E-state index is 11.8. The zero-order valence-electron chi connectivity index (χ0n) is 11.8. The van der Waals surface area contributed by atoms with Crippen molar-refractivity contribution in [3.8, 4) is 0 Å². The van der Waals surface area contributed by atoms with Gasteiger partial charge in [0, 0.05) is 5.92 Å². The number of hydrogen-bond donors (Lipinski definition) is 0. The van der Waals surface area contributed by atoms with E-state index in [4.69, 9.17) is 4.74 Å². The van der Waals surface area contributed by atoms with Gasteiger partial charge in [-0.25, -0.2) is 9.69 Å². The predicted octanol–water partition coefficient (Wildman–Crippen LogP) is 0.546. The fourth-order valence-electron chi connectivity index (χ4n) is 1.87. The first kappa shape index (κ1) is 15.5. The normalized spacial score (nSPS) is 23.6. The molecule has 0 radical (unpaired) electrons. The molecule has 2 amide bonds. The number of nitrogens with zero attached hydrogens (tertiary/aromatic N) is 1. The van der Waals surface area contributed by atoms with Crippen molar-refractivity contribution in [1.82, 2.24) is 4.90 Å². The summed E-state index contributed by atoms with van der Waals surface area (Å²) in [4.78, 5) is 35.1. The van der Waals surface area contributed by atoms with Crippen molar-refractivity contribution in [1.29, 1.82) is 0 Å². The van der Waals surface area contributed by atoms with Gasteiger partial charge < -0.3 is 14.6 Å². The first-order valence-corrected chi connectivity index (χ1v) is 6.34. The number of rotatable bonds is 3. The van der Waals surface area contributed by atoms with E-state index in [-0.39, 0.29) is 18.4 Å². The molecular formula is C13H20NO5-. The second-order valence-corrected chi connectivity index (χ2v) is 6.10. The van der Waals surface area contributed by atoms with E-state index in [0.717, 1.165) is 0 Å². The Morgan fingerprint density at radius 3 is 2.47 bits per heavy atom. The summed E-state index contributed by atoms with van der Waals surface area (Å²) in [6.45, 7) is 7.72. The fourth-order valence-corrected chi connectivity index (χ4v) is 1.87. The SMILES string of the molecule is C[C@H]1C[C@@H](C(=O)[O-])N(C(=O)OCCC(C)(C)C)C1=O. The van der Waals surface area contributed by atoms with Gasteiger partial charge in [-0.3, -0.25) is 4.79 Å². The van der Waals surface area contributed by atoms with Gasteiger partial charge in [-0.15, -0.1) is 0 Å². The highest BCUT2D eigenvalue weighted by Gasteiger charge is 2.42. The molecule has 1 heterocycles. The van der Waals surface area contributed by atoms with Crippen molar-refractivity contribution in [2.24, 2.45) is 11.3 Å². The van der Waals surface area contributed by atoms with Crippen molar-refractivity contribution in [3.05, 3.63) is 0 Å². The van der Waals surface area contributed by atoms with Crippen LogP contribution in [0.4, 0.5) is 4.79 Å². The number of likely N-dealkylation sites (tertiary alicyclic amines) is 1. The lowest BCUT2D eigenvalue weighted by atomic mass is 9.93. The molecule has 0 N–H and O–H groups in total. The van der Waals surface area contributed by atoms with Gasteiger partial charge in [0.25, 0.3) is 0 Å². The Morgan fingerprint density at radius 2 is 2.00 bits per heavy atom. The zero-order chi connectivity index (χ0) is 14.8. The fraction of sp³-hybridized carbons (Fsp3) is 0.769. The minimum Gasteiger partial charge on any atom is -0.548 e. The molecule has 108 valence electrons. The summed E-state index contributed by atoms with van der Waals surface area (Å²) in [6.07, 6.45) is -0.185. The molecule has 0 unspecified atom stereocenters. The first-order valence-electron chi connectivity index (χ1n) is 6.34. The van der Waals surface area contributed by atoms with Gasteiger partial charge in [0.05, 0.1) is 18.6 Å². The Kier molecular flexibility index (Phi) is 4.55. The predicted molar refractivity (Wildman–Crippen MR) is 64.8 cm³/mol. The van der Waals surface area contributed by atoms with Crippen molar-refractivity contribution >= 4 is 18.0 Å². The lowest BCUT2D eigenvalue weighted by Gasteiger charge is -2.24. The quantitative estimate of drug-likeness (QED) is 0.747. The van der Waals surface area contributed by atoms with E-state index in [9.17, 15) is 19.5 Å². The summed E-state index contributed by atoms with van der Waals surface area (Å²) in [7, 11) is 0. The van der Waals surface area contributed by atoms with E-state index in [2.05, 4.69) is 0 Å². The van der Waals surface area contributed by atoms with Crippen LogP contribution in [0.5, 0.6) is 0 Å². The highest BCUT2D eigenvalue weighted by atomic mass is 16.6. The molecule has 0 aromatic carbocycles. The van der Waals surface area contributed by atoms with Crippen molar-refractivity contribution < 1.29 is 24.2 Å². The number of hydrogen-bond acceptors (Lipinski definition) is 5. The van der Waals surface area contributed by atoms with Crippen LogP contribution < -0.4 is 5.11 Å². The number of amides is 2. The second-order valence-electron chi connectivity index (χ2n) is 6.10. The smallest absolute Gasteiger partial charge is 0.417 e. The van der Waals surface area contributed by atoms with Gasteiger partial charge in [0.2, 0.25) is 5.91 Å². The Balaban J connectivity index is 2.63. The molecule has 1 aliphatic rings. The molecule has 1 rings (SSSR count). The van der Waals surface area contributed by atoms with E-state index >= 15 is 0 Å². The van der Waals surface area contributed by atoms with Gasteiger partial charge in [0.15, 0.2) is 0 Å². The second kappa shape index (κ2) is 5.59. The number of carbonyl (C=O) groups is 3. The summed E-state index contributed by atoms with van der Waals surface area (Å²) in [5.74, 6) is -2.45. The van der Waals surface area contributed by atoms with Crippen molar-refractivity contribution in [2.75, 3.05) is 6.61 Å². The summed E-state index contributed by atoms with van der Waals surface area (Å²) >= 11 is 0. The number of ether oxygens (including phenoxy) is 1. The summed E-state index contributed by atoms with van der Waals surface area (Å²) < 4.78 is 4.98. The molecule has 0 aliphatic carbocycles. The van der Waals surface area contributed by atoms with Crippen LogP contribution in [0.1, 0.15) is 40.5 Å². The maximum atomic E-state index is 11.8. The molecule has 6 nitrogen and oxygen atoms in total. The van der Waals surface area contributed by atoms with Gasteiger partial charge in [-0.05, 0) is 18.3 Å². The van der Waals surface area contributed by atoms with E-state index in [1.807, 2.05) is 20.8 Å². The van der Waals surface area contributed by atoms with E-state index in [1.54, 1.807) is 6.92 Å². The minimum absolute atomic E-state index is 0.00363. The highest BCUT2D eigenvalue weighted by Crippen LogP contribution is 2.25. The lowest BCUT2D eigenvalue weighted by Crippen LogP contribution is -2.48. The van der Waals surface area contributed by atoms with Crippen molar-refractivity contribution in [2.45, 2.75) is 46.6 Å². The molecule has 0 aromatic rings. The molecule has 0 spiro atoms. The molecule has 1 aliphatic heterocycles. The van der Waals surface area contributed by atoms with Gasteiger partial charge in [0.1, 0.15) is 0 Å². The van der Waals surface area contributed by atoms with Crippen LogP contribution in [-0.4, -0.2) is 35.5 Å². The molecule has 0 bridgehead atoms. The van der Waals surface area contributed by atoms with Crippen molar-refractivity contribution in [3.63, 3.8) is 0 Å². The van der Waals surface area contributed by atoms with Crippen LogP contribution in [0.2, 0.25) is 0 Å². The third-order valence-electron chi connectivity index (χ3n) is 3.09. The van der Waals surface area contributed by atoms with Gasteiger partial charge in [-0.1, -0.05) is 27.7 Å². The Morgan fingerprint density at radius 1 is 1.42 bits per heavy atom. The molecule has 6 heteroatoms. The van der Waals surface area contributed by atoms with Crippen LogP contribution in [0.15, 0.2) is 0 Å². The minimum atomic E-state index is -1.43. The third-order valence-corrected chi connectivity index (χ3v) is 3.09. The number of aliphatic carboxylic acids is 1. The summed E-state index contributed by atoms with van der Waals surface area (Å²) in [5.41, 5.74) is -0.00363. The van der Waals surface area contributed by atoms with Crippen LogP contribution in [0, 0.1) is 11.3 Å². The molecular weight excluding hydrogens is 250 g/mol. The maximum Gasteiger partial charge on any atom is 0.417 e. The van der Waals surface area contributed by atoms with E-state index < -0.39 is 29.9 Å². The van der Waals surface area contributed by atoms with Gasteiger partial charge >= 0.3 is 6.09 Å². The molecule has 1 fully saturated rings. The Bertz CT molecular complexity index is 385. The average Bonchev–Trinajstić information content (AvgIpc) is 2.54. The van der Waals surface area contributed by atoms with E-state index in [0.29, 0.717) is 11.3 Å².